The summed E-state index contributed by atoms with van der Waals surface area (Å²) < 4.78 is 0. The number of carbonyl (C=O) groups excluding carboxylic acids is 1. The number of hydrogen-bond acceptors (Lipinski definition) is 1. The van der Waals surface area contributed by atoms with Crippen molar-refractivity contribution in [2.45, 2.75) is 32.6 Å². The number of rotatable bonds is 1. The van der Waals surface area contributed by atoms with Crippen LogP contribution in [0.15, 0.2) is 24.3 Å². The van der Waals surface area contributed by atoms with Gasteiger partial charge in [0.2, 0.25) is 0 Å². The first-order chi connectivity index (χ1) is 7.01. The molecule has 0 aliphatic heterocycles. The van der Waals surface area contributed by atoms with Crippen LogP contribution >= 0.6 is 11.6 Å². The second kappa shape index (κ2) is 3.64. The lowest BCUT2D eigenvalue weighted by molar-refractivity contribution is -0.124. The highest BCUT2D eigenvalue weighted by Crippen LogP contribution is 2.46. The Labute approximate surface area is 95.4 Å². The van der Waals surface area contributed by atoms with Gasteiger partial charge in [0.1, 0.15) is 5.78 Å². The van der Waals surface area contributed by atoms with Crippen LogP contribution in [-0.4, -0.2) is 5.78 Å². The molecule has 0 radical (unpaired) electrons. The zero-order valence-electron chi connectivity index (χ0n) is 9.09. The summed E-state index contributed by atoms with van der Waals surface area (Å²) in [7, 11) is 0. The number of benzene rings is 1. The van der Waals surface area contributed by atoms with Gasteiger partial charge in [-0.15, -0.1) is 0 Å². The summed E-state index contributed by atoms with van der Waals surface area (Å²) in [4.78, 5) is 11.7. The van der Waals surface area contributed by atoms with Gasteiger partial charge in [-0.1, -0.05) is 37.6 Å². The van der Waals surface area contributed by atoms with Crippen molar-refractivity contribution in [3.8, 4) is 0 Å². The molecule has 0 saturated heterocycles. The number of Topliss-reactive ketones (excluding diaryl/α,β-unsaturated/α-hetero) is 1. The summed E-state index contributed by atoms with van der Waals surface area (Å²) in [6.07, 6.45) is 1.65. The average molecular weight is 223 g/mol. The zero-order chi connectivity index (χ0) is 11.1. The maximum absolute atomic E-state index is 11.7. The highest BCUT2D eigenvalue weighted by atomic mass is 35.5. The van der Waals surface area contributed by atoms with Gasteiger partial charge in [0.05, 0.1) is 0 Å². The Morgan fingerprint density at radius 2 is 2.13 bits per heavy atom. The summed E-state index contributed by atoms with van der Waals surface area (Å²) in [6.45, 7) is 4.07. The molecule has 2 heteroatoms. The summed E-state index contributed by atoms with van der Waals surface area (Å²) in [5, 5.41) is 0.752. The van der Waals surface area contributed by atoms with Gasteiger partial charge in [0.15, 0.2) is 0 Å². The normalized spacial score (nSPS) is 24.5. The number of carbonyl (C=O) groups is 1. The van der Waals surface area contributed by atoms with Crippen LogP contribution in [0.4, 0.5) is 0 Å². The van der Waals surface area contributed by atoms with E-state index < -0.39 is 0 Å². The van der Waals surface area contributed by atoms with Gasteiger partial charge in [-0.2, -0.15) is 0 Å². The molecule has 0 heterocycles. The minimum Gasteiger partial charge on any atom is -0.299 e. The molecule has 0 bridgehead atoms. The quantitative estimate of drug-likeness (QED) is 0.706. The van der Waals surface area contributed by atoms with E-state index in [1.807, 2.05) is 32.0 Å². The van der Waals surface area contributed by atoms with Gasteiger partial charge in [-0.05, 0) is 30.0 Å². The van der Waals surface area contributed by atoms with Crippen molar-refractivity contribution in [2.75, 3.05) is 0 Å². The summed E-state index contributed by atoms with van der Waals surface area (Å²) in [5.74, 6) is 0.691. The molecule has 1 aliphatic carbocycles. The van der Waals surface area contributed by atoms with E-state index in [2.05, 4.69) is 6.07 Å². The highest BCUT2D eigenvalue weighted by Gasteiger charge is 2.42. The second-order valence-electron chi connectivity index (χ2n) is 4.79. The van der Waals surface area contributed by atoms with Crippen LogP contribution in [0.1, 0.15) is 38.2 Å². The van der Waals surface area contributed by atoms with Crippen molar-refractivity contribution in [2.24, 2.45) is 5.41 Å². The fourth-order valence-corrected chi connectivity index (χ4v) is 2.66. The van der Waals surface area contributed by atoms with E-state index in [4.69, 9.17) is 11.6 Å². The van der Waals surface area contributed by atoms with Gasteiger partial charge < -0.3 is 0 Å². The van der Waals surface area contributed by atoms with E-state index in [0.29, 0.717) is 18.1 Å². The number of halogens is 1. The van der Waals surface area contributed by atoms with Crippen LogP contribution in [0.25, 0.3) is 0 Å². The van der Waals surface area contributed by atoms with Gasteiger partial charge in [0.25, 0.3) is 0 Å². The maximum Gasteiger partial charge on any atom is 0.139 e. The SMILES string of the molecule is CC1(C)C(=O)CCC1c1cccc(Cl)c1. The van der Waals surface area contributed by atoms with E-state index in [1.165, 1.54) is 5.56 Å². The maximum atomic E-state index is 11.7. The van der Waals surface area contributed by atoms with E-state index >= 15 is 0 Å². The lowest BCUT2D eigenvalue weighted by Gasteiger charge is -2.25. The largest absolute Gasteiger partial charge is 0.299 e. The summed E-state index contributed by atoms with van der Waals surface area (Å²) in [5.41, 5.74) is 0.961. The molecule has 1 unspecified atom stereocenters. The number of ketones is 1. The van der Waals surface area contributed by atoms with Gasteiger partial charge >= 0.3 is 0 Å². The van der Waals surface area contributed by atoms with E-state index in [9.17, 15) is 4.79 Å². The first-order valence-corrected chi connectivity index (χ1v) is 5.68. The third-order valence-electron chi connectivity index (χ3n) is 3.50. The Bertz CT molecular complexity index is 395. The molecule has 15 heavy (non-hydrogen) atoms. The van der Waals surface area contributed by atoms with Gasteiger partial charge in [-0.25, -0.2) is 0 Å². The molecule has 1 aromatic carbocycles. The molecular weight excluding hydrogens is 208 g/mol. The summed E-state index contributed by atoms with van der Waals surface area (Å²) in [6, 6.07) is 7.87. The monoisotopic (exact) mass is 222 g/mol. The molecule has 1 nitrogen and oxygen atoms in total. The van der Waals surface area contributed by atoms with E-state index in [-0.39, 0.29) is 5.41 Å². The van der Waals surface area contributed by atoms with Crippen LogP contribution in [0.5, 0.6) is 0 Å². The van der Waals surface area contributed by atoms with Crippen LogP contribution in [0.3, 0.4) is 0 Å². The minimum atomic E-state index is -0.231. The number of hydrogen-bond donors (Lipinski definition) is 0. The standard InChI is InChI=1S/C13H15ClO/c1-13(2)11(6-7-12(13)15)9-4-3-5-10(14)8-9/h3-5,8,11H,6-7H2,1-2H3. The Balaban J connectivity index is 2.36. The topological polar surface area (TPSA) is 17.1 Å². The molecule has 0 aromatic heterocycles. The second-order valence-corrected chi connectivity index (χ2v) is 5.23. The molecular formula is C13H15ClO. The van der Waals surface area contributed by atoms with Crippen molar-refractivity contribution < 1.29 is 4.79 Å². The predicted octanol–water partition coefficient (Wildman–Crippen LogP) is 3.81. The molecule has 1 atom stereocenters. The minimum absolute atomic E-state index is 0.231. The van der Waals surface area contributed by atoms with Gasteiger partial charge in [0, 0.05) is 16.9 Å². The van der Waals surface area contributed by atoms with Crippen LogP contribution in [0, 0.1) is 5.41 Å². The van der Waals surface area contributed by atoms with Crippen molar-refractivity contribution in [3.63, 3.8) is 0 Å². The Hall–Kier alpha value is -0.820. The Kier molecular flexibility index (Phi) is 2.59. The van der Waals surface area contributed by atoms with Crippen LogP contribution in [0.2, 0.25) is 5.02 Å². The fraction of sp³-hybridized carbons (Fsp3) is 0.462. The van der Waals surface area contributed by atoms with Gasteiger partial charge in [-0.3, -0.25) is 4.79 Å². The predicted molar refractivity (Wildman–Crippen MR) is 62.2 cm³/mol. The molecule has 0 amide bonds. The first kappa shape index (κ1) is 10.7. The van der Waals surface area contributed by atoms with E-state index in [0.717, 1.165) is 11.4 Å². The van der Waals surface area contributed by atoms with Crippen molar-refractivity contribution in [1.29, 1.82) is 0 Å². The molecule has 1 saturated carbocycles. The van der Waals surface area contributed by atoms with Crippen molar-refractivity contribution in [3.05, 3.63) is 34.9 Å². The molecule has 2 rings (SSSR count). The van der Waals surface area contributed by atoms with Crippen LogP contribution < -0.4 is 0 Å². The molecule has 1 aliphatic rings. The lowest BCUT2D eigenvalue weighted by atomic mass is 9.77. The fourth-order valence-electron chi connectivity index (χ4n) is 2.46. The zero-order valence-corrected chi connectivity index (χ0v) is 9.84. The Morgan fingerprint density at radius 3 is 2.67 bits per heavy atom. The molecule has 1 fully saturated rings. The molecule has 1 aromatic rings. The third-order valence-corrected chi connectivity index (χ3v) is 3.74. The lowest BCUT2D eigenvalue weighted by Crippen LogP contribution is -2.23. The summed E-state index contributed by atoms with van der Waals surface area (Å²) >= 11 is 5.97. The molecule has 0 N–H and O–H groups in total. The smallest absolute Gasteiger partial charge is 0.139 e. The van der Waals surface area contributed by atoms with Crippen molar-refractivity contribution in [1.82, 2.24) is 0 Å². The third kappa shape index (κ3) is 1.81. The first-order valence-electron chi connectivity index (χ1n) is 5.30. The highest BCUT2D eigenvalue weighted by molar-refractivity contribution is 6.30. The van der Waals surface area contributed by atoms with E-state index in [1.54, 1.807) is 0 Å². The average Bonchev–Trinajstić information content (AvgIpc) is 2.42. The molecule has 0 spiro atoms. The molecule has 80 valence electrons. The van der Waals surface area contributed by atoms with Crippen LogP contribution in [-0.2, 0) is 4.79 Å². The van der Waals surface area contributed by atoms with Crippen molar-refractivity contribution >= 4 is 17.4 Å². The Morgan fingerprint density at radius 1 is 1.40 bits per heavy atom.